The van der Waals surface area contributed by atoms with Gasteiger partial charge in [-0.2, -0.15) is 4.68 Å². The highest BCUT2D eigenvalue weighted by Gasteiger charge is 2.30. The average molecular weight is 362 g/mol. The Hall–Kier alpha value is -2.88. The van der Waals surface area contributed by atoms with Crippen LogP contribution in [0.5, 0.6) is 0 Å². The summed E-state index contributed by atoms with van der Waals surface area (Å²) < 4.78 is 15.6. The highest BCUT2D eigenvalue weighted by atomic mass is 19.1. The number of tetrazole rings is 1. The van der Waals surface area contributed by atoms with Gasteiger partial charge in [0.15, 0.2) is 5.82 Å². The summed E-state index contributed by atoms with van der Waals surface area (Å²) in [7, 11) is 1.51. The van der Waals surface area contributed by atoms with Crippen molar-refractivity contribution < 1.29 is 19.1 Å². The van der Waals surface area contributed by atoms with Gasteiger partial charge in [-0.3, -0.25) is 14.5 Å². The zero-order valence-electron chi connectivity index (χ0n) is 14.4. The van der Waals surface area contributed by atoms with E-state index in [1.54, 1.807) is 0 Å². The molecule has 1 atom stereocenters. The summed E-state index contributed by atoms with van der Waals surface area (Å²) in [6, 6.07) is 3.38. The molecule has 0 saturated heterocycles. The number of likely N-dealkylation sites (N-methyl/N-ethyl adjacent to an activating group) is 1. The standard InChI is InChI=1S/C16H19FN6O3/c1-9(16(25)26)22(2)8-14(24)18-13-7-11(5-6-12(13)17)23-15(10-3-4-10)19-20-21-23/h5-7,9-10H,3-4,8H2,1-2H3,(H,18,24)(H,25,26). The molecule has 0 spiro atoms. The number of aromatic nitrogens is 4. The number of halogens is 1. The van der Waals surface area contributed by atoms with Crippen molar-refractivity contribution in [3.8, 4) is 5.69 Å². The maximum absolute atomic E-state index is 14.1. The first-order chi connectivity index (χ1) is 12.4. The molecule has 1 saturated carbocycles. The smallest absolute Gasteiger partial charge is 0.320 e. The lowest BCUT2D eigenvalue weighted by Crippen LogP contribution is -2.40. The van der Waals surface area contributed by atoms with Crippen LogP contribution in [0.25, 0.3) is 5.69 Å². The Morgan fingerprint density at radius 3 is 2.85 bits per heavy atom. The topological polar surface area (TPSA) is 113 Å². The van der Waals surface area contributed by atoms with Crippen LogP contribution in [0.2, 0.25) is 0 Å². The Bertz CT molecular complexity index is 835. The van der Waals surface area contributed by atoms with E-state index >= 15 is 0 Å². The molecule has 1 aliphatic rings. The third kappa shape index (κ3) is 3.85. The molecule has 1 fully saturated rings. The molecule has 1 aromatic heterocycles. The molecule has 0 aliphatic heterocycles. The SMILES string of the molecule is CC(C(=O)O)N(C)CC(=O)Nc1cc(-n2nnnc2C2CC2)ccc1F. The number of aliphatic carboxylic acids is 1. The predicted octanol–water partition coefficient (Wildman–Crippen LogP) is 1.02. The summed E-state index contributed by atoms with van der Waals surface area (Å²) in [5, 5.41) is 23.0. The molecule has 2 aromatic rings. The number of hydrogen-bond donors (Lipinski definition) is 2. The van der Waals surface area contributed by atoms with E-state index in [2.05, 4.69) is 20.8 Å². The molecule has 9 nitrogen and oxygen atoms in total. The van der Waals surface area contributed by atoms with Crippen molar-refractivity contribution in [1.29, 1.82) is 0 Å². The van der Waals surface area contributed by atoms with E-state index in [0.29, 0.717) is 17.4 Å². The first-order valence-electron chi connectivity index (χ1n) is 8.18. The highest BCUT2D eigenvalue weighted by Crippen LogP contribution is 2.39. The van der Waals surface area contributed by atoms with Gasteiger partial charge in [-0.15, -0.1) is 5.10 Å². The molecule has 2 N–H and O–H groups in total. The van der Waals surface area contributed by atoms with E-state index in [9.17, 15) is 14.0 Å². The predicted molar refractivity (Wildman–Crippen MR) is 89.4 cm³/mol. The van der Waals surface area contributed by atoms with E-state index in [-0.39, 0.29) is 12.2 Å². The summed E-state index contributed by atoms with van der Waals surface area (Å²) in [4.78, 5) is 24.4. The minimum Gasteiger partial charge on any atom is -0.480 e. The number of carboxylic acids is 1. The number of benzene rings is 1. The average Bonchev–Trinajstić information content (AvgIpc) is 3.32. The molecule has 3 rings (SSSR count). The Morgan fingerprint density at radius 1 is 1.46 bits per heavy atom. The Morgan fingerprint density at radius 2 is 2.19 bits per heavy atom. The van der Waals surface area contributed by atoms with Gasteiger partial charge in [-0.05, 0) is 55.4 Å². The zero-order valence-corrected chi connectivity index (χ0v) is 14.4. The zero-order chi connectivity index (χ0) is 18.8. The van der Waals surface area contributed by atoms with Crippen LogP contribution in [-0.2, 0) is 9.59 Å². The largest absolute Gasteiger partial charge is 0.480 e. The molecule has 1 amide bonds. The van der Waals surface area contributed by atoms with Crippen LogP contribution < -0.4 is 5.32 Å². The number of amides is 1. The number of rotatable bonds is 7. The second kappa shape index (κ2) is 7.16. The number of hydrogen-bond acceptors (Lipinski definition) is 6. The lowest BCUT2D eigenvalue weighted by atomic mass is 10.2. The first kappa shape index (κ1) is 17.9. The Balaban J connectivity index is 1.75. The molecule has 1 heterocycles. The molecule has 0 bridgehead atoms. The van der Waals surface area contributed by atoms with Gasteiger partial charge in [-0.1, -0.05) is 0 Å². The van der Waals surface area contributed by atoms with Crippen LogP contribution in [0.1, 0.15) is 31.5 Å². The maximum atomic E-state index is 14.1. The number of carboxylic acid groups (broad SMARTS) is 1. The van der Waals surface area contributed by atoms with E-state index < -0.39 is 23.7 Å². The third-order valence-electron chi connectivity index (χ3n) is 4.32. The van der Waals surface area contributed by atoms with Crippen LogP contribution in [0.15, 0.2) is 18.2 Å². The molecule has 1 aliphatic carbocycles. The van der Waals surface area contributed by atoms with Crippen LogP contribution >= 0.6 is 0 Å². The normalized spacial score (nSPS) is 15.1. The number of anilines is 1. The summed E-state index contributed by atoms with van der Waals surface area (Å²) >= 11 is 0. The molecular formula is C16H19FN6O3. The van der Waals surface area contributed by atoms with E-state index in [1.165, 1.54) is 41.8 Å². The van der Waals surface area contributed by atoms with Crippen LogP contribution in [-0.4, -0.2) is 61.7 Å². The lowest BCUT2D eigenvalue weighted by molar-refractivity contribution is -0.142. The maximum Gasteiger partial charge on any atom is 0.320 e. The van der Waals surface area contributed by atoms with Crippen molar-refractivity contribution in [2.45, 2.75) is 31.7 Å². The van der Waals surface area contributed by atoms with Crippen molar-refractivity contribution in [2.75, 3.05) is 18.9 Å². The van der Waals surface area contributed by atoms with Crippen molar-refractivity contribution >= 4 is 17.6 Å². The van der Waals surface area contributed by atoms with E-state index in [0.717, 1.165) is 12.8 Å². The summed E-state index contributed by atoms with van der Waals surface area (Å²) in [5.74, 6) is -1.14. The Kier molecular flexibility index (Phi) is 4.94. The van der Waals surface area contributed by atoms with Crippen LogP contribution in [0.4, 0.5) is 10.1 Å². The molecule has 10 heteroatoms. The van der Waals surface area contributed by atoms with Crippen molar-refractivity contribution in [3.63, 3.8) is 0 Å². The lowest BCUT2D eigenvalue weighted by Gasteiger charge is -2.20. The van der Waals surface area contributed by atoms with E-state index in [4.69, 9.17) is 5.11 Å². The van der Waals surface area contributed by atoms with Gasteiger partial charge in [0.05, 0.1) is 17.9 Å². The number of carbonyl (C=O) groups excluding carboxylic acids is 1. The number of carbonyl (C=O) groups is 2. The van der Waals surface area contributed by atoms with Crippen molar-refractivity contribution in [2.24, 2.45) is 0 Å². The fourth-order valence-corrected chi connectivity index (χ4v) is 2.46. The quantitative estimate of drug-likeness (QED) is 0.756. The second-order valence-electron chi connectivity index (χ2n) is 6.36. The fourth-order valence-electron chi connectivity index (χ4n) is 2.46. The Labute approximate surface area is 148 Å². The third-order valence-corrected chi connectivity index (χ3v) is 4.32. The van der Waals surface area contributed by atoms with Gasteiger partial charge < -0.3 is 10.4 Å². The summed E-state index contributed by atoms with van der Waals surface area (Å²) in [6.45, 7) is 1.28. The molecule has 0 radical (unpaired) electrons. The fraction of sp³-hybridized carbons (Fsp3) is 0.438. The summed E-state index contributed by atoms with van der Waals surface area (Å²) in [5.41, 5.74) is 0.530. The second-order valence-corrected chi connectivity index (χ2v) is 6.36. The summed E-state index contributed by atoms with van der Waals surface area (Å²) in [6.07, 6.45) is 2.03. The van der Waals surface area contributed by atoms with Gasteiger partial charge in [0.25, 0.3) is 0 Å². The molecular weight excluding hydrogens is 343 g/mol. The number of nitrogens with zero attached hydrogens (tertiary/aromatic N) is 5. The van der Waals surface area contributed by atoms with Gasteiger partial charge in [-0.25, -0.2) is 4.39 Å². The van der Waals surface area contributed by atoms with Gasteiger partial charge >= 0.3 is 5.97 Å². The molecule has 26 heavy (non-hydrogen) atoms. The minimum absolute atomic E-state index is 0.0128. The molecule has 1 aromatic carbocycles. The monoisotopic (exact) mass is 362 g/mol. The molecule has 1 unspecified atom stereocenters. The van der Waals surface area contributed by atoms with Crippen molar-refractivity contribution in [1.82, 2.24) is 25.1 Å². The van der Waals surface area contributed by atoms with Crippen LogP contribution in [0, 0.1) is 5.82 Å². The van der Waals surface area contributed by atoms with Gasteiger partial charge in [0, 0.05) is 5.92 Å². The molecule has 138 valence electrons. The van der Waals surface area contributed by atoms with E-state index in [1.807, 2.05) is 0 Å². The van der Waals surface area contributed by atoms with Crippen molar-refractivity contribution in [3.05, 3.63) is 29.8 Å². The van der Waals surface area contributed by atoms with Gasteiger partial charge in [0.1, 0.15) is 11.9 Å². The van der Waals surface area contributed by atoms with Gasteiger partial charge in [0.2, 0.25) is 5.91 Å². The first-order valence-corrected chi connectivity index (χ1v) is 8.18. The number of nitrogens with one attached hydrogen (secondary N) is 1. The minimum atomic E-state index is -1.04. The van der Waals surface area contributed by atoms with Crippen LogP contribution in [0.3, 0.4) is 0 Å². The highest BCUT2D eigenvalue weighted by molar-refractivity contribution is 5.93.